The number of benzene rings is 2. The Morgan fingerprint density at radius 1 is 1.05 bits per heavy atom. The summed E-state index contributed by atoms with van der Waals surface area (Å²) < 4.78 is 44.6. The van der Waals surface area contributed by atoms with E-state index in [1.54, 1.807) is 24.3 Å². The predicted molar refractivity (Wildman–Crippen MR) is 136 cm³/mol. The minimum Gasteiger partial charge on any atom is -0.442 e. The fraction of sp³-hybridized carbons (Fsp3) is 0.240. The molecule has 12 heteroatoms. The van der Waals surface area contributed by atoms with E-state index in [9.17, 15) is 22.8 Å². The van der Waals surface area contributed by atoms with Crippen LogP contribution in [0, 0.1) is 0 Å². The maximum absolute atomic E-state index is 12.9. The van der Waals surface area contributed by atoms with Gasteiger partial charge in [0.2, 0.25) is 0 Å². The lowest BCUT2D eigenvalue weighted by Crippen LogP contribution is -2.34. The fourth-order valence-corrected chi connectivity index (χ4v) is 5.09. The largest absolute Gasteiger partial charge is 0.442 e. The lowest BCUT2D eigenvalue weighted by atomic mass is 10.1. The molecule has 1 saturated heterocycles. The number of rotatable bonds is 6. The van der Waals surface area contributed by atoms with Crippen molar-refractivity contribution in [1.29, 1.82) is 0 Å². The number of halogens is 4. The van der Waals surface area contributed by atoms with Crippen molar-refractivity contribution >= 4 is 52.1 Å². The number of cyclic esters (lactones) is 1. The van der Waals surface area contributed by atoms with E-state index in [1.807, 2.05) is 17.0 Å². The van der Waals surface area contributed by atoms with Gasteiger partial charge in [0.05, 0.1) is 34.4 Å². The number of nitrogens with one attached hydrogen (secondary N) is 1. The van der Waals surface area contributed by atoms with E-state index in [4.69, 9.17) is 16.3 Å². The minimum absolute atomic E-state index is 0.162. The van der Waals surface area contributed by atoms with Crippen molar-refractivity contribution in [1.82, 2.24) is 5.32 Å². The molecule has 3 heterocycles. The van der Waals surface area contributed by atoms with Gasteiger partial charge < -0.3 is 15.0 Å². The van der Waals surface area contributed by atoms with Crippen molar-refractivity contribution in [2.75, 3.05) is 36.0 Å². The van der Waals surface area contributed by atoms with Crippen LogP contribution in [0.5, 0.6) is 0 Å². The highest BCUT2D eigenvalue weighted by Gasteiger charge is 2.33. The maximum Gasteiger partial charge on any atom is 0.416 e. The van der Waals surface area contributed by atoms with Gasteiger partial charge in [-0.3, -0.25) is 14.7 Å². The van der Waals surface area contributed by atoms with Crippen LogP contribution in [0.4, 0.5) is 29.3 Å². The van der Waals surface area contributed by atoms with Crippen LogP contribution in [-0.4, -0.2) is 50.1 Å². The van der Waals surface area contributed by atoms with E-state index < -0.39 is 23.9 Å². The van der Waals surface area contributed by atoms with Crippen molar-refractivity contribution < 1.29 is 27.5 Å². The normalized spacial score (nSPS) is 17.7. The number of hydrogen-bond donors (Lipinski definition) is 1. The Labute approximate surface area is 219 Å². The summed E-state index contributed by atoms with van der Waals surface area (Å²) in [4.78, 5) is 33.0. The van der Waals surface area contributed by atoms with Gasteiger partial charge in [-0.2, -0.15) is 13.2 Å². The number of hydrogen-bond acceptors (Lipinski definition) is 6. The summed E-state index contributed by atoms with van der Waals surface area (Å²) >= 11 is 7.03. The number of carbonyl (C=O) groups is 2. The molecule has 0 spiro atoms. The number of nitrogens with zero attached hydrogens (tertiary/aromatic N) is 3. The first-order chi connectivity index (χ1) is 17.7. The van der Waals surface area contributed by atoms with Crippen molar-refractivity contribution in [2.24, 2.45) is 4.99 Å². The third-order valence-corrected chi connectivity index (χ3v) is 7.18. The zero-order chi connectivity index (χ0) is 26.2. The molecule has 1 atom stereocenters. The molecule has 0 saturated carbocycles. The number of ether oxygens (including phenoxy) is 1. The first-order valence-electron chi connectivity index (χ1n) is 11.3. The summed E-state index contributed by atoms with van der Waals surface area (Å²) in [5, 5.41) is 2.75. The Bertz CT molecular complexity index is 1340. The van der Waals surface area contributed by atoms with E-state index in [1.165, 1.54) is 28.4 Å². The van der Waals surface area contributed by atoms with Gasteiger partial charge in [0.25, 0.3) is 5.91 Å². The lowest BCUT2D eigenvalue weighted by Gasteiger charge is -2.22. The van der Waals surface area contributed by atoms with Gasteiger partial charge in [0.1, 0.15) is 11.9 Å². The summed E-state index contributed by atoms with van der Waals surface area (Å²) in [6, 6.07) is 15.4. The third-order valence-electron chi connectivity index (χ3n) is 5.95. The first kappa shape index (κ1) is 25.1. The number of alkyl halides is 3. The zero-order valence-corrected chi connectivity index (χ0v) is 20.7. The van der Waals surface area contributed by atoms with Crippen LogP contribution in [-0.2, 0) is 10.9 Å². The average molecular weight is 549 g/mol. The molecule has 2 aliphatic heterocycles. The Morgan fingerprint density at radius 2 is 1.73 bits per heavy atom. The van der Waals surface area contributed by atoms with Crippen LogP contribution in [0.1, 0.15) is 20.8 Å². The molecular weight excluding hydrogens is 529 g/mol. The molecule has 0 radical (unpaired) electrons. The summed E-state index contributed by atoms with van der Waals surface area (Å²) in [6.45, 7) is 1.53. The summed E-state index contributed by atoms with van der Waals surface area (Å²) in [5.74, 6) is 0.303. The van der Waals surface area contributed by atoms with Gasteiger partial charge in [0.15, 0.2) is 0 Å². The third kappa shape index (κ3) is 5.42. The first-order valence-corrected chi connectivity index (χ1v) is 12.5. The average Bonchev–Trinajstić information content (AvgIpc) is 3.62. The van der Waals surface area contributed by atoms with Crippen molar-refractivity contribution in [3.8, 4) is 0 Å². The van der Waals surface area contributed by atoms with Crippen molar-refractivity contribution in [3.05, 3.63) is 81.0 Å². The number of aliphatic imine (C=N–C) groups is 1. The SMILES string of the molecule is O=C(NC[C@H]1CN(c2ccc(N3CCN=C3c3ccc(C(F)(F)F)cc3)cc2)C(=O)O1)c1ccc(Cl)s1. The molecule has 1 fully saturated rings. The molecule has 3 aromatic rings. The molecular formula is C25H20ClF3N4O3S. The van der Waals surface area contributed by atoms with E-state index in [0.717, 1.165) is 17.8 Å². The number of thiophene rings is 1. The molecule has 2 aliphatic rings. The highest BCUT2D eigenvalue weighted by atomic mass is 35.5. The Hall–Kier alpha value is -3.57. The molecule has 7 nitrogen and oxygen atoms in total. The van der Waals surface area contributed by atoms with Gasteiger partial charge in [-0.1, -0.05) is 23.7 Å². The molecule has 2 aromatic carbocycles. The summed E-state index contributed by atoms with van der Waals surface area (Å²) in [6.07, 6.45) is -5.42. The molecule has 1 aromatic heterocycles. The van der Waals surface area contributed by atoms with Crippen LogP contribution in [0.3, 0.4) is 0 Å². The second-order valence-corrected chi connectivity index (χ2v) is 10.1. The number of carbonyl (C=O) groups excluding carboxylic acids is 2. The van der Waals surface area contributed by atoms with Crippen LogP contribution in [0.15, 0.2) is 65.7 Å². The molecule has 5 rings (SSSR count). The molecule has 0 aliphatic carbocycles. The molecule has 1 N–H and O–H groups in total. The van der Waals surface area contributed by atoms with Gasteiger partial charge in [-0.15, -0.1) is 11.3 Å². The quantitative estimate of drug-likeness (QED) is 0.445. The van der Waals surface area contributed by atoms with Crippen LogP contribution in [0.25, 0.3) is 0 Å². The van der Waals surface area contributed by atoms with Gasteiger partial charge in [-0.25, -0.2) is 4.79 Å². The van der Waals surface area contributed by atoms with E-state index in [2.05, 4.69) is 10.3 Å². The zero-order valence-electron chi connectivity index (χ0n) is 19.2. The Kier molecular flexibility index (Phi) is 6.82. The van der Waals surface area contributed by atoms with E-state index in [0.29, 0.717) is 39.4 Å². The van der Waals surface area contributed by atoms with Gasteiger partial charge in [0, 0.05) is 23.5 Å². The minimum atomic E-state index is -4.40. The fourth-order valence-electron chi connectivity index (χ4n) is 4.14. The van der Waals surface area contributed by atoms with Gasteiger partial charge >= 0.3 is 12.3 Å². The summed E-state index contributed by atoms with van der Waals surface area (Å²) in [7, 11) is 0. The van der Waals surface area contributed by atoms with Crippen molar-refractivity contribution in [2.45, 2.75) is 12.3 Å². The Balaban J connectivity index is 1.22. The molecule has 0 bridgehead atoms. The molecule has 192 valence electrons. The predicted octanol–water partition coefficient (Wildman–Crippen LogP) is 5.44. The standard InChI is InChI=1S/C25H20ClF3N4O3S/c26-21-10-9-20(37-21)23(34)31-13-19-14-33(24(35)36-19)18-7-5-17(6-8-18)32-12-11-30-22(32)15-1-3-16(4-2-15)25(27,28)29/h1-10,19H,11-14H2,(H,31,34)/t19-/m0/s1. The monoisotopic (exact) mass is 548 g/mol. The van der Waals surface area contributed by atoms with E-state index in [-0.39, 0.29) is 19.0 Å². The second kappa shape index (κ2) is 10.1. The topological polar surface area (TPSA) is 74.2 Å². The molecule has 37 heavy (non-hydrogen) atoms. The summed E-state index contributed by atoms with van der Waals surface area (Å²) in [5.41, 5.74) is 1.30. The van der Waals surface area contributed by atoms with Crippen LogP contribution < -0.4 is 15.1 Å². The highest BCUT2D eigenvalue weighted by Crippen LogP contribution is 2.31. The second-order valence-electron chi connectivity index (χ2n) is 8.38. The molecule has 2 amide bonds. The lowest BCUT2D eigenvalue weighted by molar-refractivity contribution is -0.137. The van der Waals surface area contributed by atoms with Gasteiger partial charge in [-0.05, 0) is 48.5 Å². The Morgan fingerprint density at radius 3 is 2.35 bits per heavy atom. The highest BCUT2D eigenvalue weighted by molar-refractivity contribution is 7.18. The number of amidine groups is 1. The van der Waals surface area contributed by atoms with Crippen LogP contribution in [0.2, 0.25) is 4.34 Å². The smallest absolute Gasteiger partial charge is 0.416 e. The van der Waals surface area contributed by atoms with Crippen molar-refractivity contribution in [3.63, 3.8) is 0 Å². The number of anilines is 2. The maximum atomic E-state index is 12.9. The molecule has 0 unspecified atom stereocenters. The van der Waals surface area contributed by atoms with E-state index >= 15 is 0 Å². The number of amides is 2. The van der Waals surface area contributed by atoms with Crippen LogP contribution >= 0.6 is 22.9 Å².